The highest BCUT2D eigenvalue weighted by Gasteiger charge is 2.37. The van der Waals surface area contributed by atoms with E-state index in [1.807, 2.05) is 12.4 Å². The number of nitrogens with zero attached hydrogens (tertiary/aromatic N) is 15. The number of thioether (sulfide) groups is 2. The Labute approximate surface area is 753 Å². The lowest BCUT2D eigenvalue weighted by atomic mass is 10.0. The van der Waals surface area contributed by atoms with Crippen LogP contribution < -0.4 is 21.3 Å². The van der Waals surface area contributed by atoms with Crippen molar-refractivity contribution in [1.82, 2.24) is 96.2 Å². The minimum absolute atomic E-state index is 0.00224. The van der Waals surface area contributed by atoms with E-state index in [2.05, 4.69) is 161 Å². The van der Waals surface area contributed by atoms with E-state index in [0.29, 0.717) is 186 Å². The van der Waals surface area contributed by atoms with Crippen molar-refractivity contribution in [1.29, 1.82) is 0 Å². The average molecular weight is 1890 g/mol. The highest BCUT2D eigenvalue weighted by atomic mass is 32.2. The van der Waals surface area contributed by atoms with Gasteiger partial charge in [0.05, 0.1) is 197 Å². The third kappa shape index (κ3) is 51.2. The monoisotopic (exact) mass is 1890 g/mol. The summed E-state index contributed by atoms with van der Waals surface area (Å²) in [6.45, 7) is 43.4. The van der Waals surface area contributed by atoms with E-state index in [0.717, 1.165) is 83.1 Å². The number of carbonyl (C=O) groups is 4. The largest absolute Gasteiger partial charge is 0.455 e. The molecule has 0 radical (unpaired) electrons. The number of rotatable bonds is 73. The van der Waals surface area contributed by atoms with Gasteiger partial charge in [-0.3, -0.25) is 19.2 Å². The van der Waals surface area contributed by atoms with E-state index in [1.165, 1.54) is 6.92 Å². The molecule has 38 nitrogen and oxygen atoms in total. The molecular formula is C79H141N19O19S2Si6. The Morgan fingerprint density at radius 2 is 0.624 bits per heavy atom. The van der Waals surface area contributed by atoms with Crippen molar-refractivity contribution in [2.75, 3.05) is 149 Å². The van der Waals surface area contributed by atoms with Crippen molar-refractivity contribution in [3.63, 3.8) is 0 Å². The Morgan fingerprint density at radius 3 is 0.928 bits per heavy atom. The fraction of sp³-hybridized carbons (Fsp3) is 0.722. The van der Waals surface area contributed by atoms with Gasteiger partial charge in [0.25, 0.3) is 0 Å². The standard InChI is InChI=1S/C79H141N19O19S2Si6/c1-66(99)80-21-17-42-120(5,6)115-123(11,12)45-20-76-83-46-70(47-84-76)55-109-39-36-106-33-30-103-27-24-96-52-73(90-93-96)58-112-61-79(89-69(4)102,62-113-59-74-53-97(94-91-74)25-28-104-31-34-107-37-40-110-56-71-48-85-77(86-49-71)118-64-124(13,14)116-121(7,8)43-18-22-81-67(2)100)63-114-60-75-54-98(95-92-75)26-29-105-32-35-108-38-41-111-57-72-50-87-78(88-51-72)119-65-125(15,16)117-122(9,10)44-19-23-82-68(3)101/h46-54H,17-45,55-65H2,1-16H3,(H,80,99)(H,81,100)(H,82,101)(H,89,102). The molecule has 0 aliphatic rings. The highest BCUT2D eigenvalue weighted by molar-refractivity contribution is 8.01. The van der Waals surface area contributed by atoms with Crippen molar-refractivity contribution < 1.29 is 88.4 Å². The molecule has 6 heterocycles. The molecule has 4 N–H and O–H groups in total. The molecule has 0 aromatic carbocycles. The molecule has 0 fully saturated rings. The van der Waals surface area contributed by atoms with Crippen molar-refractivity contribution in [2.45, 2.75) is 231 Å². The molecule has 0 atom stereocenters. The van der Waals surface area contributed by atoms with Crippen LogP contribution in [0.5, 0.6) is 0 Å². The summed E-state index contributed by atoms with van der Waals surface area (Å²) in [7, 11) is -11.5. The van der Waals surface area contributed by atoms with Gasteiger partial charge in [-0.15, -0.1) is 15.3 Å². The predicted molar refractivity (Wildman–Crippen MR) is 488 cm³/mol. The van der Waals surface area contributed by atoms with Gasteiger partial charge in [-0.1, -0.05) is 39.2 Å². The smallest absolute Gasteiger partial charge is 0.217 e. The molecule has 702 valence electrons. The van der Waals surface area contributed by atoms with Crippen LogP contribution in [-0.4, -0.2) is 303 Å². The number of aromatic nitrogens is 15. The molecule has 125 heavy (non-hydrogen) atoms. The normalized spacial score (nSPS) is 12.5. The highest BCUT2D eigenvalue weighted by Crippen LogP contribution is 2.29. The maximum atomic E-state index is 13.0. The minimum Gasteiger partial charge on any atom is -0.455 e. The van der Waals surface area contributed by atoms with Crippen LogP contribution in [0, 0.1) is 0 Å². The van der Waals surface area contributed by atoms with E-state index in [1.54, 1.807) is 102 Å². The van der Waals surface area contributed by atoms with Crippen LogP contribution in [0.3, 0.4) is 0 Å². The molecule has 0 bridgehead atoms. The first-order valence-electron chi connectivity index (χ1n) is 43.0. The topological polar surface area (TPSA) is 424 Å². The van der Waals surface area contributed by atoms with Crippen molar-refractivity contribution >= 4 is 97.1 Å². The fourth-order valence-corrected chi connectivity index (χ4v) is 42.2. The number of ether oxygens (including phenoxy) is 12. The molecule has 0 saturated heterocycles. The summed E-state index contributed by atoms with van der Waals surface area (Å²) in [6.07, 6.45) is 19.6. The van der Waals surface area contributed by atoms with Crippen LogP contribution >= 0.6 is 23.5 Å². The molecule has 0 saturated carbocycles. The SMILES string of the molecule is CC(=O)NCCC[Si](C)(C)O[Si](C)(C)CCc1ncc(COCCOCCOCCn2cc(COCC(COCc3cn(CCOCCOCCOCc4cnc(SC[Si](C)(C)O[Si](C)(C)CCCNC(C)=O)nc4)nn3)(COCc3cn(CCOCCOCCOCc4cnc(SC[Si](C)(C)O[Si](C)(C)CCCNC(C)=O)nc4)nn3)NC(C)=O)nn2)cn1. The Hall–Kier alpha value is -6.06. The summed E-state index contributed by atoms with van der Waals surface area (Å²) >= 11 is 3.24. The summed E-state index contributed by atoms with van der Waals surface area (Å²) in [4.78, 5) is 74.2. The Balaban J connectivity index is 0.873. The van der Waals surface area contributed by atoms with E-state index in [4.69, 9.17) is 69.2 Å². The zero-order chi connectivity index (χ0) is 90.7. The van der Waals surface area contributed by atoms with Crippen molar-refractivity contribution in [2.24, 2.45) is 0 Å². The number of nitrogens with one attached hydrogen (secondary N) is 4. The summed E-state index contributed by atoms with van der Waals surface area (Å²) in [6, 6.07) is 3.90. The van der Waals surface area contributed by atoms with Crippen molar-refractivity contribution in [3.05, 3.63) is 95.4 Å². The van der Waals surface area contributed by atoms with Crippen LogP contribution in [-0.2, 0) is 154 Å². The first-order valence-corrected chi connectivity index (χ1v) is 63.7. The lowest BCUT2D eigenvalue weighted by molar-refractivity contribution is -0.126. The number of hydrogen-bond acceptors (Lipinski definition) is 33. The second kappa shape index (κ2) is 58.6. The molecule has 46 heteroatoms. The Morgan fingerprint density at radius 1 is 0.344 bits per heavy atom. The third-order valence-corrected chi connectivity index (χ3v) is 45.4. The second-order valence-electron chi connectivity index (χ2n) is 34.1. The van der Waals surface area contributed by atoms with E-state index in [9.17, 15) is 19.2 Å². The summed E-state index contributed by atoms with van der Waals surface area (Å²) in [5.74, 6) is 0.451. The van der Waals surface area contributed by atoms with Crippen LogP contribution in [0.1, 0.15) is 86.6 Å². The third-order valence-electron chi connectivity index (χ3n) is 18.3. The van der Waals surface area contributed by atoms with Gasteiger partial charge in [0, 0.05) is 118 Å². The van der Waals surface area contributed by atoms with Gasteiger partial charge in [-0.25, -0.2) is 43.9 Å². The zero-order valence-corrected chi connectivity index (χ0v) is 84.4. The number of hydrogen-bond donors (Lipinski definition) is 4. The molecule has 6 aromatic rings. The molecular weight excluding hydrogens is 1750 g/mol. The lowest BCUT2D eigenvalue weighted by Crippen LogP contribution is -2.58. The second-order valence-corrected chi connectivity index (χ2v) is 63.3. The van der Waals surface area contributed by atoms with Crippen LogP contribution in [0.15, 0.2) is 66.1 Å². The first-order chi connectivity index (χ1) is 59.6. The van der Waals surface area contributed by atoms with E-state index in [-0.39, 0.29) is 63.3 Å². The van der Waals surface area contributed by atoms with Gasteiger partial charge in [0.15, 0.2) is 60.2 Å². The van der Waals surface area contributed by atoms with Crippen LogP contribution in [0.2, 0.25) is 103 Å². The maximum Gasteiger partial charge on any atom is 0.217 e. The number of aryl methyl sites for hydroxylation is 1. The van der Waals surface area contributed by atoms with Gasteiger partial charge >= 0.3 is 0 Å². The average Bonchev–Trinajstić information content (AvgIpc) is 1.86. The lowest BCUT2D eigenvalue weighted by Gasteiger charge is -2.34. The Bertz CT molecular complexity index is 3600. The maximum absolute atomic E-state index is 13.0. The molecule has 6 rings (SSSR count). The molecule has 4 amide bonds. The molecule has 0 unspecified atom stereocenters. The van der Waals surface area contributed by atoms with Gasteiger partial charge in [0.2, 0.25) is 23.6 Å². The molecule has 0 spiro atoms. The van der Waals surface area contributed by atoms with E-state index < -0.39 is 55.4 Å². The van der Waals surface area contributed by atoms with Crippen LogP contribution in [0.4, 0.5) is 0 Å². The van der Waals surface area contributed by atoms with Gasteiger partial charge in [-0.2, -0.15) is 0 Å². The first kappa shape index (κ1) is 108. The molecule has 6 aromatic heterocycles. The van der Waals surface area contributed by atoms with E-state index >= 15 is 0 Å². The minimum atomic E-state index is -1.98. The summed E-state index contributed by atoms with van der Waals surface area (Å²) in [5, 5.41) is 40.6. The predicted octanol–water partition coefficient (Wildman–Crippen LogP) is 8.07. The summed E-state index contributed by atoms with van der Waals surface area (Å²) in [5.41, 5.74) is 3.13. The quantitative estimate of drug-likeness (QED) is 0.0121. The molecule has 0 aliphatic heterocycles. The van der Waals surface area contributed by atoms with Crippen molar-refractivity contribution in [3.8, 4) is 0 Å². The van der Waals surface area contributed by atoms with Gasteiger partial charge in [0.1, 0.15) is 28.4 Å². The van der Waals surface area contributed by atoms with Gasteiger partial charge in [-0.05, 0) is 122 Å². The Kier molecular flexibility index (Phi) is 50.5. The number of amides is 4. The summed E-state index contributed by atoms with van der Waals surface area (Å²) < 4.78 is 96.3. The van der Waals surface area contributed by atoms with Gasteiger partial charge < -0.3 is 90.5 Å². The number of carbonyl (C=O) groups excluding carboxylic acids is 4. The molecule has 0 aliphatic carbocycles. The van der Waals surface area contributed by atoms with Crippen LogP contribution in [0.25, 0.3) is 0 Å². The zero-order valence-electron chi connectivity index (χ0n) is 76.8. The fourth-order valence-electron chi connectivity index (χ4n) is 12.9.